The third kappa shape index (κ3) is 6.33. The average Bonchev–Trinajstić information content (AvgIpc) is 3.46. The molecule has 222 valence electrons. The lowest BCUT2D eigenvalue weighted by Gasteiger charge is -2.24. The molecule has 10 heteroatoms. The van der Waals surface area contributed by atoms with E-state index in [0.717, 1.165) is 17.8 Å². The molecule has 1 N–H and O–H groups in total. The van der Waals surface area contributed by atoms with Gasteiger partial charge in [0.25, 0.3) is 5.78 Å². The molecule has 1 aliphatic rings. The molecule has 42 heavy (non-hydrogen) atoms. The van der Waals surface area contributed by atoms with E-state index in [-0.39, 0.29) is 22.2 Å². The van der Waals surface area contributed by atoms with Crippen LogP contribution in [0.4, 0.5) is 5.13 Å². The van der Waals surface area contributed by atoms with Crippen LogP contribution in [0.1, 0.15) is 73.6 Å². The van der Waals surface area contributed by atoms with Gasteiger partial charge in [-0.15, -0.1) is 0 Å². The quantitative estimate of drug-likeness (QED) is 0.110. The Balaban J connectivity index is 1.88. The minimum absolute atomic E-state index is 0.0997. The second-order valence-corrected chi connectivity index (χ2v) is 11.2. The van der Waals surface area contributed by atoms with Crippen LogP contribution in [0.2, 0.25) is 0 Å². The van der Waals surface area contributed by atoms with Gasteiger partial charge >= 0.3 is 5.91 Å². The number of ketones is 2. The highest BCUT2D eigenvalue weighted by molar-refractivity contribution is 7.18. The SMILES string of the molecule is CCOc1ccc(/C(O)=C2\C(=O)C(=O)N(c3nc(C)c(C(C)=O)s3)C2c2ccc(OCCC(C)C)c(OCC)c2)cc1. The Morgan fingerprint density at radius 3 is 2.31 bits per heavy atom. The molecule has 0 radical (unpaired) electrons. The number of aryl methyl sites for hydroxylation is 1. The third-order valence-corrected chi connectivity index (χ3v) is 7.99. The van der Waals surface area contributed by atoms with Crippen LogP contribution in [0.3, 0.4) is 0 Å². The zero-order chi connectivity index (χ0) is 30.6. The molecular formula is C32H36N2O7S. The van der Waals surface area contributed by atoms with Crippen LogP contribution in [0.15, 0.2) is 48.0 Å². The molecule has 1 amide bonds. The monoisotopic (exact) mass is 592 g/mol. The van der Waals surface area contributed by atoms with Crippen molar-refractivity contribution in [3.8, 4) is 17.2 Å². The minimum Gasteiger partial charge on any atom is -0.507 e. The van der Waals surface area contributed by atoms with Gasteiger partial charge in [-0.3, -0.25) is 19.3 Å². The van der Waals surface area contributed by atoms with Crippen LogP contribution >= 0.6 is 11.3 Å². The number of aromatic nitrogens is 1. The second-order valence-electron chi connectivity index (χ2n) is 10.3. The molecule has 2 aromatic carbocycles. The number of rotatable bonds is 12. The number of carbonyl (C=O) groups excluding carboxylic acids is 3. The summed E-state index contributed by atoms with van der Waals surface area (Å²) in [7, 11) is 0. The zero-order valence-corrected chi connectivity index (χ0v) is 25.5. The van der Waals surface area contributed by atoms with Gasteiger partial charge in [0.2, 0.25) is 0 Å². The lowest BCUT2D eigenvalue weighted by atomic mass is 9.95. The number of amides is 1. The minimum atomic E-state index is -1.04. The highest BCUT2D eigenvalue weighted by atomic mass is 32.1. The van der Waals surface area contributed by atoms with Crippen molar-refractivity contribution in [3.63, 3.8) is 0 Å². The van der Waals surface area contributed by atoms with E-state index >= 15 is 0 Å². The van der Waals surface area contributed by atoms with E-state index in [1.807, 2.05) is 13.8 Å². The molecule has 0 bridgehead atoms. The predicted molar refractivity (Wildman–Crippen MR) is 162 cm³/mol. The molecule has 1 unspecified atom stereocenters. The average molecular weight is 593 g/mol. The van der Waals surface area contributed by atoms with E-state index < -0.39 is 17.7 Å². The van der Waals surface area contributed by atoms with E-state index in [0.29, 0.717) is 64.7 Å². The molecule has 1 aromatic heterocycles. The topological polar surface area (TPSA) is 115 Å². The van der Waals surface area contributed by atoms with Gasteiger partial charge in [-0.1, -0.05) is 31.3 Å². The van der Waals surface area contributed by atoms with Crippen molar-refractivity contribution in [2.45, 2.75) is 54.0 Å². The summed E-state index contributed by atoms with van der Waals surface area (Å²) in [5.74, 6) is -0.192. The van der Waals surface area contributed by atoms with Crippen LogP contribution in [-0.4, -0.2) is 47.4 Å². The first-order valence-electron chi connectivity index (χ1n) is 14.0. The Labute approximate surface area is 249 Å². The largest absolute Gasteiger partial charge is 0.507 e. The first kappa shape index (κ1) is 30.8. The van der Waals surface area contributed by atoms with E-state index in [1.165, 1.54) is 11.8 Å². The summed E-state index contributed by atoms with van der Waals surface area (Å²) in [5, 5.41) is 11.7. The van der Waals surface area contributed by atoms with E-state index in [4.69, 9.17) is 14.2 Å². The number of thiazole rings is 1. The second kappa shape index (κ2) is 13.2. The maximum Gasteiger partial charge on any atom is 0.301 e. The van der Waals surface area contributed by atoms with Crippen LogP contribution in [0.5, 0.6) is 17.2 Å². The highest BCUT2D eigenvalue weighted by Gasteiger charge is 2.48. The number of aliphatic hydroxyl groups is 1. The molecule has 1 saturated heterocycles. The molecule has 4 rings (SSSR count). The Morgan fingerprint density at radius 1 is 1.02 bits per heavy atom. The molecule has 1 fully saturated rings. The van der Waals surface area contributed by atoms with Gasteiger partial charge in [0.05, 0.1) is 42.0 Å². The van der Waals surface area contributed by atoms with Crippen molar-refractivity contribution >= 4 is 39.7 Å². The highest BCUT2D eigenvalue weighted by Crippen LogP contribution is 2.45. The molecule has 1 atom stereocenters. The molecule has 0 aliphatic carbocycles. The van der Waals surface area contributed by atoms with Gasteiger partial charge in [0, 0.05) is 12.5 Å². The molecule has 0 saturated carbocycles. The molecule has 0 spiro atoms. The normalized spacial score (nSPS) is 16.3. The van der Waals surface area contributed by atoms with Crippen molar-refractivity contribution in [1.29, 1.82) is 0 Å². The summed E-state index contributed by atoms with van der Waals surface area (Å²) in [6.07, 6.45) is 0.859. The first-order chi connectivity index (χ1) is 20.1. The number of ether oxygens (including phenoxy) is 3. The Kier molecular flexibility index (Phi) is 9.67. The van der Waals surface area contributed by atoms with Crippen molar-refractivity contribution in [2.24, 2.45) is 5.92 Å². The van der Waals surface area contributed by atoms with Gasteiger partial charge in [-0.2, -0.15) is 0 Å². The fourth-order valence-corrected chi connectivity index (χ4v) is 5.66. The van der Waals surface area contributed by atoms with Gasteiger partial charge in [-0.25, -0.2) is 4.98 Å². The van der Waals surface area contributed by atoms with Crippen molar-refractivity contribution < 1.29 is 33.7 Å². The number of hydrogen-bond donors (Lipinski definition) is 1. The lowest BCUT2D eigenvalue weighted by molar-refractivity contribution is -0.132. The summed E-state index contributed by atoms with van der Waals surface area (Å²) >= 11 is 1.03. The van der Waals surface area contributed by atoms with Crippen molar-refractivity contribution in [3.05, 3.63) is 69.7 Å². The maximum atomic E-state index is 13.6. The summed E-state index contributed by atoms with van der Waals surface area (Å²) in [5.41, 5.74) is 1.22. The molecule has 1 aliphatic heterocycles. The zero-order valence-electron chi connectivity index (χ0n) is 24.7. The van der Waals surface area contributed by atoms with E-state index in [1.54, 1.807) is 49.4 Å². The third-order valence-electron chi connectivity index (χ3n) is 6.73. The molecular weight excluding hydrogens is 556 g/mol. The number of Topliss-reactive ketones (excluding diaryl/α,β-unsaturated/α-hetero) is 2. The van der Waals surface area contributed by atoms with Crippen LogP contribution < -0.4 is 19.1 Å². The van der Waals surface area contributed by atoms with Crippen LogP contribution in [0, 0.1) is 12.8 Å². The number of benzene rings is 2. The van der Waals surface area contributed by atoms with Gasteiger partial charge in [0.1, 0.15) is 11.5 Å². The van der Waals surface area contributed by atoms with Crippen LogP contribution in [0.25, 0.3) is 5.76 Å². The molecule has 3 aromatic rings. The number of hydrogen-bond acceptors (Lipinski definition) is 9. The predicted octanol–water partition coefficient (Wildman–Crippen LogP) is 6.50. The number of carbonyl (C=O) groups is 3. The van der Waals surface area contributed by atoms with Gasteiger partial charge in [0.15, 0.2) is 22.4 Å². The lowest BCUT2D eigenvalue weighted by Crippen LogP contribution is -2.29. The maximum absolute atomic E-state index is 13.6. The van der Waals surface area contributed by atoms with Gasteiger partial charge < -0.3 is 19.3 Å². The first-order valence-corrected chi connectivity index (χ1v) is 14.8. The Morgan fingerprint density at radius 2 is 1.71 bits per heavy atom. The molecule has 9 nitrogen and oxygen atoms in total. The number of nitrogens with zero attached hydrogens (tertiary/aromatic N) is 2. The smallest absolute Gasteiger partial charge is 0.301 e. The fourth-order valence-electron chi connectivity index (χ4n) is 4.68. The van der Waals surface area contributed by atoms with Gasteiger partial charge in [-0.05, 0) is 75.1 Å². The summed E-state index contributed by atoms with van der Waals surface area (Å²) in [4.78, 5) is 45.5. The Bertz CT molecular complexity index is 1510. The number of anilines is 1. The summed E-state index contributed by atoms with van der Waals surface area (Å²) in [6, 6.07) is 10.8. The fraction of sp³-hybridized carbons (Fsp3) is 0.375. The van der Waals surface area contributed by atoms with Crippen molar-refractivity contribution in [2.75, 3.05) is 24.7 Å². The standard InChI is InChI=1S/C32H36N2O7S/c1-7-39-23-12-9-21(10-13-23)28(36)26-27(22-11-14-24(25(17-22)40-8-2)41-16-15-18(3)4)34(31(38)29(26)37)32-33-19(5)30(42-32)20(6)35/h9-14,17-18,27,36H,7-8,15-16H2,1-6H3/b28-26+. The van der Waals surface area contributed by atoms with E-state index in [9.17, 15) is 19.5 Å². The van der Waals surface area contributed by atoms with E-state index in [2.05, 4.69) is 18.8 Å². The number of aliphatic hydroxyl groups excluding tert-OH is 1. The van der Waals surface area contributed by atoms with Crippen LogP contribution in [-0.2, 0) is 9.59 Å². The molecule has 2 heterocycles. The Hall–Kier alpha value is -4.18. The van der Waals surface area contributed by atoms with Crippen molar-refractivity contribution in [1.82, 2.24) is 4.98 Å². The summed E-state index contributed by atoms with van der Waals surface area (Å²) in [6.45, 7) is 12.4. The summed E-state index contributed by atoms with van der Waals surface area (Å²) < 4.78 is 17.4.